The number of rotatable bonds is 3. The summed E-state index contributed by atoms with van der Waals surface area (Å²) in [6.45, 7) is 0.657. The van der Waals surface area contributed by atoms with Crippen LogP contribution in [0.3, 0.4) is 0 Å². The number of nitrogens with two attached hydrogens (primary N) is 1. The van der Waals surface area contributed by atoms with Crippen molar-refractivity contribution in [2.45, 2.75) is 44.7 Å². The second-order valence-electron chi connectivity index (χ2n) is 4.75. The number of aromatic nitrogens is 1. The first-order chi connectivity index (χ1) is 7.77. The third kappa shape index (κ3) is 2.73. The van der Waals surface area contributed by atoms with E-state index in [1.54, 1.807) is 16.7 Å². The lowest BCUT2D eigenvalue weighted by Gasteiger charge is -2.27. The van der Waals surface area contributed by atoms with Crippen LogP contribution in [-0.2, 0) is 6.54 Å². The van der Waals surface area contributed by atoms with Crippen LogP contribution in [0.15, 0.2) is 29.2 Å². The van der Waals surface area contributed by atoms with Crippen LogP contribution < -0.4 is 11.3 Å². The van der Waals surface area contributed by atoms with Gasteiger partial charge in [0.25, 0.3) is 5.56 Å². The average Bonchev–Trinajstić information content (AvgIpc) is 2.33. The Morgan fingerprint density at radius 2 is 2.06 bits per heavy atom. The Morgan fingerprint density at radius 3 is 2.75 bits per heavy atom. The van der Waals surface area contributed by atoms with Gasteiger partial charge in [0, 0.05) is 24.8 Å². The molecule has 2 rings (SSSR count). The fourth-order valence-electron chi connectivity index (χ4n) is 2.55. The van der Waals surface area contributed by atoms with Gasteiger partial charge in [-0.25, -0.2) is 0 Å². The summed E-state index contributed by atoms with van der Waals surface area (Å²) in [7, 11) is 0. The van der Waals surface area contributed by atoms with Crippen LogP contribution in [0.2, 0.25) is 0 Å². The zero-order valence-electron chi connectivity index (χ0n) is 9.64. The van der Waals surface area contributed by atoms with Crippen LogP contribution >= 0.6 is 0 Å². The van der Waals surface area contributed by atoms with Crippen molar-refractivity contribution in [2.24, 2.45) is 11.7 Å². The van der Waals surface area contributed by atoms with Crippen molar-refractivity contribution >= 4 is 0 Å². The van der Waals surface area contributed by atoms with Gasteiger partial charge in [-0.05, 0) is 24.8 Å². The molecule has 0 aliphatic heterocycles. The number of hydrogen-bond donors (Lipinski definition) is 1. The van der Waals surface area contributed by atoms with E-state index in [0.29, 0.717) is 12.5 Å². The van der Waals surface area contributed by atoms with Gasteiger partial charge in [0.1, 0.15) is 0 Å². The van der Waals surface area contributed by atoms with Gasteiger partial charge in [-0.2, -0.15) is 0 Å². The number of hydrogen-bond acceptors (Lipinski definition) is 2. The molecule has 1 aliphatic rings. The second-order valence-corrected chi connectivity index (χ2v) is 4.75. The number of nitrogens with zero attached hydrogens (tertiary/aromatic N) is 1. The molecule has 3 nitrogen and oxygen atoms in total. The summed E-state index contributed by atoms with van der Waals surface area (Å²) in [6, 6.07) is 5.37. The summed E-state index contributed by atoms with van der Waals surface area (Å²) in [5.41, 5.74) is 6.24. The van der Waals surface area contributed by atoms with Crippen molar-refractivity contribution in [1.29, 1.82) is 0 Å². The highest BCUT2D eigenvalue weighted by Crippen LogP contribution is 2.25. The Morgan fingerprint density at radius 1 is 1.31 bits per heavy atom. The minimum absolute atomic E-state index is 0.0498. The molecule has 1 saturated carbocycles. The first-order valence-electron chi connectivity index (χ1n) is 6.18. The maximum atomic E-state index is 11.5. The fraction of sp³-hybridized carbons (Fsp3) is 0.615. The highest BCUT2D eigenvalue weighted by atomic mass is 16.1. The third-order valence-electron chi connectivity index (χ3n) is 3.56. The molecule has 0 bridgehead atoms. The highest BCUT2D eigenvalue weighted by Gasteiger charge is 2.20. The van der Waals surface area contributed by atoms with Gasteiger partial charge >= 0.3 is 0 Å². The van der Waals surface area contributed by atoms with E-state index in [1.807, 2.05) is 12.3 Å². The predicted octanol–water partition coefficient (Wildman–Crippen LogP) is 1.76. The SMILES string of the molecule is NC(Cn1ccccc1=O)C1CCCCC1. The quantitative estimate of drug-likeness (QED) is 0.843. The molecule has 0 saturated heterocycles. The van der Waals surface area contributed by atoms with Gasteiger partial charge < -0.3 is 10.3 Å². The van der Waals surface area contributed by atoms with Gasteiger partial charge in [-0.1, -0.05) is 25.3 Å². The van der Waals surface area contributed by atoms with E-state index in [9.17, 15) is 4.79 Å². The van der Waals surface area contributed by atoms with Gasteiger partial charge in [-0.15, -0.1) is 0 Å². The molecule has 0 amide bonds. The molecule has 1 aromatic rings. The standard InChI is InChI=1S/C13H20N2O/c14-12(11-6-2-1-3-7-11)10-15-9-5-4-8-13(15)16/h4-5,8-9,11-12H,1-3,6-7,10,14H2. The van der Waals surface area contributed by atoms with Crippen molar-refractivity contribution in [3.8, 4) is 0 Å². The lowest BCUT2D eigenvalue weighted by Crippen LogP contribution is -2.38. The first-order valence-corrected chi connectivity index (χ1v) is 6.18. The molecule has 1 aromatic heterocycles. The summed E-state index contributed by atoms with van der Waals surface area (Å²) < 4.78 is 1.72. The topological polar surface area (TPSA) is 48.0 Å². The van der Waals surface area contributed by atoms with Crippen molar-refractivity contribution in [3.05, 3.63) is 34.7 Å². The molecule has 3 heteroatoms. The van der Waals surface area contributed by atoms with E-state index in [1.165, 1.54) is 32.1 Å². The summed E-state index contributed by atoms with van der Waals surface area (Å²) in [5.74, 6) is 0.598. The first kappa shape index (κ1) is 11.4. The summed E-state index contributed by atoms with van der Waals surface area (Å²) in [4.78, 5) is 11.5. The normalized spacial score (nSPS) is 19.6. The van der Waals surface area contributed by atoms with Crippen molar-refractivity contribution < 1.29 is 0 Å². The molecule has 88 valence electrons. The average molecular weight is 220 g/mol. The van der Waals surface area contributed by atoms with Crippen LogP contribution in [-0.4, -0.2) is 10.6 Å². The van der Waals surface area contributed by atoms with Crippen molar-refractivity contribution in [2.75, 3.05) is 0 Å². The van der Waals surface area contributed by atoms with Crippen molar-refractivity contribution in [1.82, 2.24) is 4.57 Å². The van der Waals surface area contributed by atoms with Gasteiger partial charge in [0.15, 0.2) is 0 Å². The fourth-order valence-corrected chi connectivity index (χ4v) is 2.55. The molecule has 16 heavy (non-hydrogen) atoms. The van der Waals surface area contributed by atoms with Crippen LogP contribution in [0.4, 0.5) is 0 Å². The van der Waals surface area contributed by atoms with E-state index in [2.05, 4.69) is 0 Å². The molecule has 2 N–H and O–H groups in total. The zero-order valence-corrected chi connectivity index (χ0v) is 9.64. The monoisotopic (exact) mass is 220 g/mol. The Hall–Kier alpha value is -1.09. The second kappa shape index (κ2) is 5.30. The highest BCUT2D eigenvalue weighted by molar-refractivity contribution is 4.94. The lowest BCUT2D eigenvalue weighted by atomic mass is 9.84. The molecule has 1 atom stereocenters. The molecule has 0 spiro atoms. The minimum Gasteiger partial charge on any atom is -0.326 e. The van der Waals surface area contributed by atoms with Crippen LogP contribution in [0.25, 0.3) is 0 Å². The maximum absolute atomic E-state index is 11.5. The Bertz CT molecular complexity index is 380. The predicted molar refractivity (Wildman–Crippen MR) is 65.3 cm³/mol. The molecular weight excluding hydrogens is 200 g/mol. The smallest absolute Gasteiger partial charge is 0.250 e. The maximum Gasteiger partial charge on any atom is 0.250 e. The number of pyridine rings is 1. The van der Waals surface area contributed by atoms with Gasteiger partial charge in [0.05, 0.1) is 0 Å². The molecular formula is C13H20N2O. The zero-order chi connectivity index (χ0) is 11.4. The van der Waals surface area contributed by atoms with Crippen molar-refractivity contribution in [3.63, 3.8) is 0 Å². The van der Waals surface area contributed by atoms with E-state index in [0.717, 1.165) is 0 Å². The molecule has 1 heterocycles. The largest absolute Gasteiger partial charge is 0.326 e. The van der Waals surface area contributed by atoms with E-state index in [-0.39, 0.29) is 11.6 Å². The summed E-state index contributed by atoms with van der Waals surface area (Å²) in [5, 5.41) is 0. The van der Waals surface area contributed by atoms with E-state index < -0.39 is 0 Å². The molecule has 1 fully saturated rings. The van der Waals surface area contributed by atoms with E-state index >= 15 is 0 Å². The lowest BCUT2D eigenvalue weighted by molar-refractivity contribution is 0.283. The van der Waals surface area contributed by atoms with Crippen LogP contribution in [0.1, 0.15) is 32.1 Å². The van der Waals surface area contributed by atoms with Crippen LogP contribution in [0.5, 0.6) is 0 Å². The van der Waals surface area contributed by atoms with E-state index in [4.69, 9.17) is 5.73 Å². The Labute approximate surface area is 96.3 Å². The molecule has 1 unspecified atom stereocenters. The van der Waals surface area contributed by atoms with Gasteiger partial charge in [-0.3, -0.25) is 4.79 Å². The Kier molecular flexibility index (Phi) is 3.78. The molecule has 0 radical (unpaired) electrons. The summed E-state index contributed by atoms with van der Waals surface area (Å²) in [6.07, 6.45) is 8.20. The minimum atomic E-state index is 0.0498. The molecule has 1 aliphatic carbocycles. The van der Waals surface area contributed by atoms with Crippen LogP contribution in [0, 0.1) is 5.92 Å². The summed E-state index contributed by atoms with van der Waals surface area (Å²) >= 11 is 0. The van der Waals surface area contributed by atoms with Gasteiger partial charge in [0.2, 0.25) is 0 Å². The molecule has 0 aromatic carbocycles. The third-order valence-corrected chi connectivity index (χ3v) is 3.56. The Balaban J connectivity index is 1.98.